The van der Waals surface area contributed by atoms with Gasteiger partial charge in [-0.2, -0.15) is 0 Å². The van der Waals surface area contributed by atoms with Crippen molar-refractivity contribution in [2.75, 3.05) is 0 Å². The van der Waals surface area contributed by atoms with Crippen LogP contribution in [0.3, 0.4) is 0 Å². The molecule has 1 aliphatic rings. The maximum absolute atomic E-state index is 10.6. The molecule has 0 aromatic heterocycles. The molecule has 0 saturated heterocycles. The van der Waals surface area contributed by atoms with Crippen LogP contribution in [-0.2, 0) is 9.59 Å². The van der Waals surface area contributed by atoms with Gasteiger partial charge in [0.15, 0.2) is 0 Å². The Labute approximate surface area is 69.5 Å². The summed E-state index contributed by atoms with van der Waals surface area (Å²) in [6, 6.07) is 0. The van der Waals surface area contributed by atoms with Gasteiger partial charge in [0.25, 0.3) is 5.78 Å². The van der Waals surface area contributed by atoms with Crippen LogP contribution in [-0.4, -0.2) is 22.0 Å². The summed E-state index contributed by atoms with van der Waals surface area (Å²) >= 11 is 0. The molecule has 1 fully saturated rings. The highest BCUT2D eigenvalue weighted by Gasteiger charge is 2.23. The molecule has 0 heterocycles. The summed E-state index contributed by atoms with van der Waals surface area (Å²) in [4.78, 5) is 20.6. The topological polar surface area (TPSA) is 74.6 Å². The van der Waals surface area contributed by atoms with E-state index in [2.05, 4.69) is 0 Å². The highest BCUT2D eigenvalue weighted by Crippen LogP contribution is 2.31. The van der Waals surface area contributed by atoms with Crippen LogP contribution in [0.25, 0.3) is 0 Å². The molecular formula is C8H10O4. The molecule has 2 N–H and O–H groups in total. The Morgan fingerprint density at radius 2 is 1.83 bits per heavy atom. The summed E-state index contributed by atoms with van der Waals surface area (Å²) in [6.45, 7) is 0. The Bertz CT molecular complexity index is 237. The van der Waals surface area contributed by atoms with Crippen LogP contribution in [0.15, 0.2) is 11.8 Å². The molecule has 4 nitrogen and oxygen atoms in total. The van der Waals surface area contributed by atoms with Gasteiger partial charge in [0, 0.05) is 12.0 Å². The van der Waals surface area contributed by atoms with Gasteiger partial charge in [-0.3, -0.25) is 4.79 Å². The molecule has 0 aromatic carbocycles. The number of aliphatic hydroxyl groups excluding tert-OH is 1. The van der Waals surface area contributed by atoms with Gasteiger partial charge in [0.05, 0.1) is 5.76 Å². The lowest BCUT2D eigenvalue weighted by Crippen LogP contribution is -2.17. The average Bonchev–Trinajstić information content (AvgIpc) is 1.82. The summed E-state index contributed by atoms with van der Waals surface area (Å²) in [5.41, 5.74) is 0. The van der Waals surface area contributed by atoms with Gasteiger partial charge < -0.3 is 10.2 Å². The summed E-state index contributed by atoms with van der Waals surface area (Å²) in [5.74, 6) is -2.66. The molecule has 12 heavy (non-hydrogen) atoms. The smallest absolute Gasteiger partial charge is 0.376 e. The second-order valence-electron chi connectivity index (χ2n) is 2.87. The average molecular weight is 170 g/mol. The number of hydrogen-bond donors (Lipinski definition) is 2. The van der Waals surface area contributed by atoms with Crippen LogP contribution in [0.4, 0.5) is 0 Å². The molecular weight excluding hydrogens is 160 g/mol. The van der Waals surface area contributed by atoms with Gasteiger partial charge in [-0.25, -0.2) is 4.79 Å². The Morgan fingerprint density at radius 3 is 2.17 bits per heavy atom. The molecule has 0 aromatic rings. The van der Waals surface area contributed by atoms with E-state index in [0.29, 0.717) is 0 Å². The Balaban J connectivity index is 2.54. The van der Waals surface area contributed by atoms with E-state index >= 15 is 0 Å². The number of hydrogen-bond acceptors (Lipinski definition) is 3. The van der Waals surface area contributed by atoms with Crippen molar-refractivity contribution in [3.8, 4) is 0 Å². The fourth-order valence-electron chi connectivity index (χ4n) is 1.02. The number of carbonyl (C=O) groups is 2. The summed E-state index contributed by atoms with van der Waals surface area (Å²) in [7, 11) is 0. The SMILES string of the molecule is O=C(O)C(=O)C=C(O)C1CCC1. The van der Waals surface area contributed by atoms with Crippen molar-refractivity contribution in [3.63, 3.8) is 0 Å². The van der Waals surface area contributed by atoms with E-state index in [9.17, 15) is 9.59 Å². The predicted octanol–water partition coefficient (Wildman–Crippen LogP) is 0.882. The van der Waals surface area contributed by atoms with E-state index in [1.54, 1.807) is 0 Å². The second kappa shape index (κ2) is 3.38. The number of carboxylic acid groups (broad SMARTS) is 1. The minimum atomic E-state index is -1.53. The lowest BCUT2D eigenvalue weighted by Gasteiger charge is -2.23. The van der Waals surface area contributed by atoms with Gasteiger partial charge in [-0.15, -0.1) is 0 Å². The molecule has 0 aliphatic heterocycles. The maximum Gasteiger partial charge on any atom is 0.376 e. The van der Waals surface area contributed by atoms with E-state index in [1.165, 1.54) is 0 Å². The van der Waals surface area contributed by atoms with Crippen molar-refractivity contribution in [1.29, 1.82) is 0 Å². The van der Waals surface area contributed by atoms with Crippen molar-refractivity contribution in [2.45, 2.75) is 19.3 Å². The van der Waals surface area contributed by atoms with Gasteiger partial charge in [0.1, 0.15) is 0 Å². The molecule has 0 radical (unpaired) electrons. The maximum atomic E-state index is 10.6. The first kappa shape index (κ1) is 8.77. The van der Waals surface area contributed by atoms with Crippen molar-refractivity contribution < 1.29 is 19.8 Å². The van der Waals surface area contributed by atoms with E-state index in [1.807, 2.05) is 0 Å². The highest BCUT2D eigenvalue weighted by atomic mass is 16.4. The van der Waals surface area contributed by atoms with Gasteiger partial charge in [0.2, 0.25) is 0 Å². The second-order valence-corrected chi connectivity index (χ2v) is 2.87. The summed E-state index contributed by atoms with van der Waals surface area (Å²) in [6.07, 6.45) is 3.51. The number of rotatable bonds is 3. The molecule has 1 rings (SSSR count). The Kier molecular flexibility index (Phi) is 2.47. The standard InChI is InChI=1S/C8H10O4/c9-6(5-2-1-3-5)4-7(10)8(11)12/h4-5,9H,1-3H2,(H,11,12). The first-order valence-corrected chi connectivity index (χ1v) is 3.79. The third-order valence-corrected chi connectivity index (χ3v) is 2.01. The first-order valence-electron chi connectivity index (χ1n) is 3.79. The quantitative estimate of drug-likeness (QED) is 0.374. The predicted molar refractivity (Wildman–Crippen MR) is 40.7 cm³/mol. The zero-order valence-electron chi connectivity index (χ0n) is 6.49. The summed E-state index contributed by atoms with van der Waals surface area (Å²) in [5, 5.41) is 17.4. The van der Waals surface area contributed by atoms with E-state index in [4.69, 9.17) is 10.2 Å². The fraction of sp³-hybridized carbons (Fsp3) is 0.500. The third-order valence-electron chi connectivity index (χ3n) is 2.01. The zero-order chi connectivity index (χ0) is 9.14. The number of allylic oxidation sites excluding steroid dienone is 1. The van der Waals surface area contributed by atoms with Gasteiger partial charge in [-0.1, -0.05) is 6.42 Å². The molecule has 1 saturated carbocycles. The van der Waals surface area contributed by atoms with E-state index < -0.39 is 11.8 Å². The van der Waals surface area contributed by atoms with Crippen molar-refractivity contribution in [3.05, 3.63) is 11.8 Å². The van der Waals surface area contributed by atoms with Gasteiger partial charge >= 0.3 is 5.97 Å². The number of aliphatic carboxylic acids is 1. The normalized spacial score (nSPS) is 18.5. The lowest BCUT2D eigenvalue weighted by atomic mass is 9.83. The van der Waals surface area contributed by atoms with Crippen molar-refractivity contribution in [2.24, 2.45) is 5.92 Å². The van der Waals surface area contributed by atoms with Crippen LogP contribution in [0, 0.1) is 5.92 Å². The molecule has 0 unspecified atom stereocenters. The Hall–Kier alpha value is -1.32. The minimum Gasteiger partial charge on any atom is -0.512 e. The molecule has 0 amide bonds. The van der Waals surface area contributed by atoms with Crippen LogP contribution in [0.5, 0.6) is 0 Å². The first-order chi connectivity index (χ1) is 5.61. The van der Waals surface area contributed by atoms with Crippen LogP contribution >= 0.6 is 0 Å². The van der Waals surface area contributed by atoms with Crippen LogP contribution in [0.1, 0.15) is 19.3 Å². The van der Waals surface area contributed by atoms with Crippen LogP contribution < -0.4 is 0 Å². The number of carbonyl (C=O) groups excluding carboxylic acids is 1. The number of carboxylic acids is 1. The molecule has 0 bridgehead atoms. The lowest BCUT2D eigenvalue weighted by molar-refractivity contribution is -0.146. The van der Waals surface area contributed by atoms with Crippen molar-refractivity contribution >= 4 is 11.8 Å². The molecule has 1 aliphatic carbocycles. The fourth-order valence-corrected chi connectivity index (χ4v) is 1.02. The van der Waals surface area contributed by atoms with Crippen molar-refractivity contribution in [1.82, 2.24) is 0 Å². The Morgan fingerprint density at radius 1 is 1.25 bits per heavy atom. The number of aliphatic hydroxyl groups is 1. The van der Waals surface area contributed by atoms with Gasteiger partial charge in [-0.05, 0) is 12.8 Å². The summed E-state index contributed by atoms with van der Waals surface area (Å²) < 4.78 is 0. The van der Waals surface area contributed by atoms with Crippen LogP contribution in [0.2, 0.25) is 0 Å². The minimum absolute atomic E-state index is 0.00769. The zero-order valence-corrected chi connectivity index (χ0v) is 6.49. The molecule has 0 spiro atoms. The molecule has 0 atom stereocenters. The monoisotopic (exact) mass is 170 g/mol. The van der Waals surface area contributed by atoms with E-state index in [-0.39, 0.29) is 11.7 Å². The largest absolute Gasteiger partial charge is 0.512 e. The number of ketones is 1. The highest BCUT2D eigenvalue weighted by molar-refractivity contribution is 6.37. The molecule has 66 valence electrons. The van der Waals surface area contributed by atoms with E-state index in [0.717, 1.165) is 25.3 Å². The molecule has 4 heteroatoms. The third kappa shape index (κ3) is 1.84.